The maximum atomic E-state index is 11.0. The first-order valence-corrected chi connectivity index (χ1v) is 7.82. The fourth-order valence-electron chi connectivity index (χ4n) is 2.78. The molecule has 1 aromatic carbocycles. The Labute approximate surface area is 138 Å². The van der Waals surface area contributed by atoms with Gasteiger partial charge in [-0.05, 0) is 37.8 Å². The van der Waals surface area contributed by atoms with Crippen LogP contribution in [0.2, 0.25) is 0 Å². The SMILES string of the molecule is Cl.O=C(O)C1CCCN(CCOCCCc2ccccc2)C1. The van der Waals surface area contributed by atoms with E-state index in [1.54, 1.807) is 0 Å². The normalized spacial score (nSPS) is 18.6. The number of piperidine rings is 1. The number of aliphatic carboxylic acids is 1. The molecule has 1 saturated heterocycles. The predicted molar refractivity (Wildman–Crippen MR) is 89.6 cm³/mol. The van der Waals surface area contributed by atoms with Crippen LogP contribution in [0.3, 0.4) is 0 Å². The molecule has 0 bridgehead atoms. The van der Waals surface area contributed by atoms with E-state index in [1.807, 2.05) is 6.07 Å². The number of likely N-dealkylation sites (tertiary alicyclic amines) is 1. The Morgan fingerprint density at radius 2 is 2.05 bits per heavy atom. The summed E-state index contributed by atoms with van der Waals surface area (Å²) in [6.45, 7) is 3.97. The van der Waals surface area contributed by atoms with Gasteiger partial charge in [0.2, 0.25) is 0 Å². The van der Waals surface area contributed by atoms with E-state index in [1.165, 1.54) is 5.56 Å². The fourth-order valence-corrected chi connectivity index (χ4v) is 2.78. The van der Waals surface area contributed by atoms with Gasteiger partial charge in [-0.3, -0.25) is 4.79 Å². The van der Waals surface area contributed by atoms with Crippen LogP contribution < -0.4 is 0 Å². The number of hydrogen-bond acceptors (Lipinski definition) is 3. The number of halogens is 1. The number of carboxylic acid groups (broad SMARTS) is 1. The number of nitrogens with zero attached hydrogens (tertiary/aromatic N) is 1. The average Bonchev–Trinajstić information content (AvgIpc) is 2.52. The lowest BCUT2D eigenvalue weighted by atomic mass is 9.98. The Morgan fingerprint density at radius 3 is 2.77 bits per heavy atom. The van der Waals surface area contributed by atoms with E-state index in [2.05, 4.69) is 29.2 Å². The third-order valence-electron chi connectivity index (χ3n) is 4.00. The summed E-state index contributed by atoms with van der Waals surface area (Å²) in [5, 5.41) is 9.05. The van der Waals surface area contributed by atoms with Crippen LogP contribution in [0.5, 0.6) is 0 Å². The average molecular weight is 328 g/mol. The highest BCUT2D eigenvalue weighted by Gasteiger charge is 2.24. The van der Waals surface area contributed by atoms with Crippen molar-refractivity contribution >= 4 is 18.4 Å². The molecule has 0 spiro atoms. The molecule has 1 aliphatic rings. The molecule has 0 saturated carbocycles. The van der Waals surface area contributed by atoms with Crippen LogP contribution in [0.15, 0.2) is 30.3 Å². The quantitative estimate of drug-likeness (QED) is 0.746. The van der Waals surface area contributed by atoms with Gasteiger partial charge in [-0.15, -0.1) is 12.4 Å². The van der Waals surface area contributed by atoms with Gasteiger partial charge in [0, 0.05) is 19.7 Å². The van der Waals surface area contributed by atoms with E-state index >= 15 is 0 Å². The largest absolute Gasteiger partial charge is 0.481 e. The predicted octanol–water partition coefficient (Wildman–Crippen LogP) is 2.85. The second-order valence-corrected chi connectivity index (χ2v) is 5.68. The lowest BCUT2D eigenvalue weighted by Gasteiger charge is -2.30. The highest BCUT2D eigenvalue weighted by atomic mass is 35.5. The zero-order chi connectivity index (χ0) is 14.9. The first-order valence-electron chi connectivity index (χ1n) is 7.82. The van der Waals surface area contributed by atoms with Gasteiger partial charge in [0.15, 0.2) is 0 Å². The highest BCUT2D eigenvalue weighted by Crippen LogP contribution is 2.16. The lowest BCUT2D eigenvalue weighted by molar-refractivity contribution is -0.143. The minimum atomic E-state index is -0.663. The van der Waals surface area contributed by atoms with Crippen molar-refractivity contribution < 1.29 is 14.6 Å². The molecule has 0 amide bonds. The number of benzene rings is 1. The maximum absolute atomic E-state index is 11.0. The molecule has 0 radical (unpaired) electrons. The van der Waals surface area contributed by atoms with Crippen LogP contribution in [0.4, 0.5) is 0 Å². The molecule has 2 rings (SSSR count). The van der Waals surface area contributed by atoms with Gasteiger partial charge in [-0.25, -0.2) is 0 Å². The van der Waals surface area contributed by atoms with E-state index in [9.17, 15) is 4.79 Å². The Balaban J connectivity index is 0.00000242. The van der Waals surface area contributed by atoms with Crippen LogP contribution in [-0.2, 0) is 16.0 Å². The van der Waals surface area contributed by atoms with Crippen molar-refractivity contribution in [1.82, 2.24) is 4.90 Å². The Bertz CT molecular complexity index is 427. The van der Waals surface area contributed by atoms with Crippen LogP contribution in [-0.4, -0.2) is 48.8 Å². The van der Waals surface area contributed by atoms with Crippen LogP contribution in [0.1, 0.15) is 24.8 Å². The smallest absolute Gasteiger partial charge is 0.307 e. The minimum Gasteiger partial charge on any atom is -0.481 e. The topological polar surface area (TPSA) is 49.8 Å². The highest BCUT2D eigenvalue weighted by molar-refractivity contribution is 5.85. The van der Waals surface area contributed by atoms with E-state index in [4.69, 9.17) is 9.84 Å². The third kappa shape index (κ3) is 6.77. The molecule has 1 heterocycles. The number of hydrogen-bond donors (Lipinski definition) is 1. The van der Waals surface area contributed by atoms with Crippen LogP contribution in [0, 0.1) is 5.92 Å². The molecule has 1 unspecified atom stereocenters. The Kier molecular flexibility index (Phi) is 9.13. The standard InChI is InChI=1S/C17H25NO3.ClH/c19-17(20)16-9-4-10-18(14-16)11-13-21-12-5-8-15-6-2-1-3-7-15;/h1-3,6-7,16H,4-5,8-14H2,(H,19,20);1H. The molecule has 5 heteroatoms. The summed E-state index contributed by atoms with van der Waals surface area (Å²) in [6, 6.07) is 10.4. The van der Waals surface area contributed by atoms with Gasteiger partial charge >= 0.3 is 5.97 Å². The summed E-state index contributed by atoms with van der Waals surface area (Å²) in [5.74, 6) is -0.861. The Morgan fingerprint density at radius 1 is 1.27 bits per heavy atom. The van der Waals surface area contributed by atoms with E-state index in [-0.39, 0.29) is 18.3 Å². The second kappa shape index (κ2) is 10.6. The van der Waals surface area contributed by atoms with Crippen molar-refractivity contribution in [2.75, 3.05) is 32.8 Å². The molecular weight excluding hydrogens is 302 g/mol. The first kappa shape index (κ1) is 18.9. The number of ether oxygens (including phenoxy) is 1. The zero-order valence-electron chi connectivity index (χ0n) is 12.9. The molecule has 4 nitrogen and oxygen atoms in total. The third-order valence-corrected chi connectivity index (χ3v) is 4.00. The fraction of sp³-hybridized carbons (Fsp3) is 0.588. The lowest BCUT2D eigenvalue weighted by Crippen LogP contribution is -2.40. The van der Waals surface area contributed by atoms with Crippen molar-refractivity contribution in [3.63, 3.8) is 0 Å². The number of carbonyl (C=O) groups is 1. The van der Waals surface area contributed by atoms with E-state index in [0.717, 1.165) is 45.4 Å². The van der Waals surface area contributed by atoms with E-state index < -0.39 is 5.97 Å². The minimum absolute atomic E-state index is 0. The van der Waals surface area contributed by atoms with Crippen LogP contribution in [0.25, 0.3) is 0 Å². The van der Waals surface area contributed by atoms with Crippen molar-refractivity contribution in [3.05, 3.63) is 35.9 Å². The summed E-state index contributed by atoms with van der Waals surface area (Å²) in [6.07, 6.45) is 3.86. The number of carboxylic acids is 1. The summed E-state index contributed by atoms with van der Waals surface area (Å²) < 4.78 is 5.66. The molecular formula is C17H26ClNO3. The summed E-state index contributed by atoms with van der Waals surface area (Å²) >= 11 is 0. The van der Waals surface area contributed by atoms with Gasteiger partial charge in [0.05, 0.1) is 12.5 Å². The Hall–Kier alpha value is -1.10. The molecule has 1 atom stereocenters. The summed E-state index contributed by atoms with van der Waals surface area (Å²) in [4.78, 5) is 13.2. The van der Waals surface area contributed by atoms with Crippen molar-refractivity contribution in [2.24, 2.45) is 5.92 Å². The molecule has 0 aliphatic carbocycles. The monoisotopic (exact) mass is 327 g/mol. The first-order chi connectivity index (χ1) is 10.3. The molecule has 124 valence electrons. The van der Waals surface area contributed by atoms with Gasteiger partial charge in [-0.1, -0.05) is 30.3 Å². The van der Waals surface area contributed by atoms with Gasteiger partial charge in [0.25, 0.3) is 0 Å². The van der Waals surface area contributed by atoms with E-state index in [0.29, 0.717) is 13.2 Å². The van der Waals surface area contributed by atoms with Crippen LogP contribution >= 0.6 is 12.4 Å². The number of aryl methyl sites for hydroxylation is 1. The molecule has 22 heavy (non-hydrogen) atoms. The zero-order valence-corrected chi connectivity index (χ0v) is 13.8. The summed E-state index contributed by atoms with van der Waals surface area (Å²) in [7, 11) is 0. The second-order valence-electron chi connectivity index (χ2n) is 5.68. The summed E-state index contributed by atoms with van der Waals surface area (Å²) in [5.41, 5.74) is 1.35. The van der Waals surface area contributed by atoms with Gasteiger partial charge < -0.3 is 14.7 Å². The van der Waals surface area contributed by atoms with Crippen molar-refractivity contribution in [1.29, 1.82) is 0 Å². The molecule has 1 aromatic rings. The molecule has 1 fully saturated rings. The molecule has 1 aliphatic heterocycles. The number of rotatable bonds is 8. The maximum Gasteiger partial charge on any atom is 0.307 e. The van der Waals surface area contributed by atoms with Crippen molar-refractivity contribution in [2.45, 2.75) is 25.7 Å². The molecule has 1 N–H and O–H groups in total. The van der Waals surface area contributed by atoms with Gasteiger partial charge in [0.1, 0.15) is 0 Å². The van der Waals surface area contributed by atoms with Crippen molar-refractivity contribution in [3.8, 4) is 0 Å². The van der Waals surface area contributed by atoms with Gasteiger partial charge in [-0.2, -0.15) is 0 Å². The molecule has 0 aromatic heterocycles.